The van der Waals surface area contributed by atoms with Crippen LogP contribution in [-0.4, -0.2) is 9.97 Å². The van der Waals surface area contributed by atoms with Crippen LogP contribution in [0.15, 0.2) is 47.4 Å². The fourth-order valence-electron chi connectivity index (χ4n) is 1.93. The molecule has 0 atom stereocenters. The number of nitrogens with one attached hydrogen (secondary N) is 1. The van der Waals surface area contributed by atoms with Gasteiger partial charge in [-0.1, -0.05) is 11.6 Å². The molecular weight excluding hydrogens is 267 g/mol. The van der Waals surface area contributed by atoms with E-state index in [2.05, 4.69) is 9.97 Å². The van der Waals surface area contributed by atoms with Crippen molar-refractivity contribution in [3.63, 3.8) is 0 Å². The van der Waals surface area contributed by atoms with E-state index in [-0.39, 0.29) is 11.0 Å². The summed E-state index contributed by atoms with van der Waals surface area (Å²) < 4.78 is 13.8. The standard InChI is InChI=1S/C14H8ClFN2O/c15-8-3-4-11(16)10(6-8)12-7-13(19)9-2-1-5-17-14(9)18-12/h1-7H,(H,17,18,19). The second-order valence-electron chi connectivity index (χ2n) is 4.07. The maximum absolute atomic E-state index is 13.8. The molecule has 0 amide bonds. The predicted molar refractivity (Wildman–Crippen MR) is 72.8 cm³/mol. The van der Waals surface area contributed by atoms with Gasteiger partial charge >= 0.3 is 0 Å². The number of rotatable bonds is 1. The van der Waals surface area contributed by atoms with Crippen molar-refractivity contribution in [3.05, 3.63) is 63.7 Å². The zero-order valence-corrected chi connectivity index (χ0v) is 10.4. The largest absolute Gasteiger partial charge is 0.339 e. The van der Waals surface area contributed by atoms with Gasteiger partial charge in [-0.15, -0.1) is 0 Å². The minimum absolute atomic E-state index is 0.212. The number of aromatic amines is 1. The molecule has 2 heterocycles. The Morgan fingerprint density at radius 1 is 1.21 bits per heavy atom. The van der Waals surface area contributed by atoms with Crippen LogP contribution in [0.5, 0.6) is 0 Å². The van der Waals surface area contributed by atoms with Crippen molar-refractivity contribution in [3.8, 4) is 11.3 Å². The quantitative estimate of drug-likeness (QED) is 0.739. The molecular formula is C14H8ClFN2O. The summed E-state index contributed by atoms with van der Waals surface area (Å²) in [6, 6.07) is 8.88. The van der Waals surface area contributed by atoms with Crippen LogP contribution in [0.2, 0.25) is 5.02 Å². The van der Waals surface area contributed by atoms with Crippen LogP contribution in [0.1, 0.15) is 0 Å². The predicted octanol–water partition coefficient (Wildman–Crippen LogP) is 3.38. The number of fused-ring (bicyclic) bond motifs is 1. The average molecular weight is 275 g/mol. The Kier molecular flexibility index (Phi) is 2.80. The minimum Gasteiger partial charge on any atom is -0.339 e. The van der Waals surface area contributed by atoms with Gasteiger partial charge in [0.05, 0.1) is 11.1 Å². The highest BCUT2D eigenvalue weighted by molar-refractivity contribution is 6.30. The van der Waals surface area contributed by atoms with E-state index >= 15 is 0 Å². The number of nitrogens with zero attached hydrogens (tertiary/aromatic N) is 1. The summed E-state index contributed by atoms with van der Waals surface area (Å²) >= 11 is 5.85. The average Bonchev–Trinajstić information content (AvgIpc) is 2.41. The van der Waals surface area contributed by atoms with Crippen LogP contribution in [0.3, 0.4) is 0 Å². The summed E-state index contributed by atoms with van der Waals surface area (Å²) in [5.74, 6) is -0.449. The van der Waals surface area contributed by atoms with Crippen molar-refractivity contribution in [2.24, 2.45) is 0 Å². The lowest BCUT2D eigenvalue weighted by molar-refractivity contribution is 0.631. The lowest BCUT2D eigenvalue weighted by atomic mass is 10.1. The molecule has 0 saturated heterocycles. The number of halogens is 2. The van der Waals surface area contributed by atoms with E-state index in [1.165, 1.54) is 24.3 Å². The van der Waals surface area contributed by atoms with Crippen molar-refractivity contribution in [2.45, 2.75) is 0 Å². The van der Waals surface area contributed by atoms with Gasteiger partial charge in [-0.25, -0.2) is 9.37 Å². The molecule has 0 bridgehead atoms. The van der Waals surface area contributed by atoms with Crippen molar-refractivity contribution < 1.29 is 4.39 Å². The van der Waals surface area contributed by atoms with Crippen LogP contribution in [0.25, 0.3) is 22.3 Å². The topological polar surface area (TPSA) is 45.8 Å². The first-order valence-electron chi connectivity index (χ1n) is 5.58. The zero-order valence-electron chi connectivity index (χ0n) is 9.65. The molecule has 5 heteroatoms. The Hall–Kier alpha value is -2.20. The first-order chi connectivity index (χ1) is 9.15. The van der Waals surface area contributed by atoms with E-state index in [9.17, 15) is 9.18 Å². The second-order valence-corrected chi connectivity index (χ2v) is 4.51. The molecule has 0 radical (unpaired) electrons. The highest BCUT2D eigenvalue weighted by Crippen LogP contribution is 2.24. The minimum atomic E-state index is -0.449. The maximum Gasteiger partial charge on any atom is 0.191 e. The molecule has 19 heavy (non-hydrogen) atoms. The Labute approximate surface area is 112 Å². The van der Waals surface area contributed by atoms with Crippen LogP contribution >= 0.6 is 11.6 Å². The highest BCUT2D eigenvalue weighted by Gasteiger charge is 2.09. The van der Waals surface area contributed by atoms with E-state index in [4.69, 9.17) is 11.6 Å². The smallest absolute Gasteiger partial charge is 0.191 e. The number of pyridine rings is 2. The maximum atomic E-state index is 13.8. The summed E-state index contributed by atoms with van der Waals surface area (Å²) in [5.41, 5.74) is 0.814. The molecule has 3 rings (SSSR count). The Balaban J connectivity index is 2.31. The van der Waals surface area contributed by atoms with Crippen LogP contribution < -0.4 is 5.43 Å². The van der Waals surface area contributed by atoms with Gasteiger partial charge in [-0.3, -0.25) is 4.79 Å². The summed E-state index contributed by atoms with van der Waals surface area (Å²) in [4.78, 5) is 19.0. The molecule has 1 aromatic carbocycles. The SMILES string of the molecule is O=c1cc(-c2cc(Cl)ccc2F)[nH]c2ncccc12. The first kappa shape index (κ1) is 11.9. The van der Waals surface area contributed by atoms with Gasteiger partial charge in [0.2, 0.25) is 0 Å². The van der Waals surface area contributed by atoms with E-state index in [1.807, 2.05) is 0 Å². The van der Waals surface area contributed by atoms with Crippen LogP contribution in [0.4, 0.5) is 4.39 Å². The fourth-order valence-corrected chi connectivity index (χ4v) is 2.10. The van der Waals surface area contributed by atoms with Crippen molar-refractivity contribution >= 4 is 22.6 Å². The number of H-pyrrole nitrogens is 1. The Bertz CT molecular complexity index is 829. The van der Waals surface area contributed by atoms with Crippen molar-refractivity contribution in [2.75, 3.05) is 0 Å². The highest BCUT2D eigenvalue weighted by atomic mass is 35.5. The molecule has 0 aliphatic rings. The van der Waals surface area contributed by atoms with Gasteiger partial charge in [0.1, 0.15) is 11.5 Å². The molecule has 0 aliphatic heterocycles. The first-order valence-corrected chi connectivity index (χ1v) is 5.96. The van der Waals surface area contributed by atoms with Gasteiger partial charge in [-0.2, -0.15) is 0 Å². The number of hydrogen-bond donors (Lipinski definition) is 1. The van der Waals surface area contributed by atoms with Gasteiger partial charge < -0.3 is 4.98 Å². The number of aromatic nitrogens is 2. The Morgan fingerprint density at radius 3 is 2.89 bits per heavy atom. The van der Waals surface area contributed by atoms with E-state index < -0.39 is 5.82 Å². The van der Waals surface area contributed by atoms with Gasteiger partial charge in [0.25, 0.3) is 0 Å². The third-order valence-electron chi connectivity index (χ3n) is 2.82. The molecule has 94 valence electrons. The summed E-state index contributed by atoms with van der Waals surface area (Å²) in [7, 11) is 0. The van der Waals surface area contributed by atoms with Crippen molar-refractivity contribution in [1.82, 2.24) is 9.97 Å². The second kappa shape index (κ2) is 4.48. The summed E-state index contributed by atoms with van der Waals surface area (Å²) in [6.45, 7) is 0. The molecule has 0 fully saturated rings. The van der Waals surface area contributed by atoms with E-state index in [0.717, 1.165) is 0 Å². The molecule has 1 N–H and O–H groups in total. The lowest BCUT2D eigenvalue weighted by Gasteiger charge is -2.05. The normalized spacial score (nSPS) is 10.8. The molecule has 3 aromatic rings. The van der Waals surface area contributed by atoms with Crippen molar-refractivity contribution in [1.29, 1.82) is 0 Å². The van der Waals surface area contributed by atoms with Gasteiger partial charge in [0, 0.05) is 22.8 Å². The van der Waals surface area contributed by atoms with Crippen LogP contribution in [0, 0.1) is 5.82 Å². The van der Waals surface area contributed by atoms with E-state index in [1.54, 1.807) is 18.3 Å². The molecule has 0 spiro atoms. The monoisotopic (exact) mass is 274 g/mol. The van der Waals surface area contributed by atoms with E-state index in [0.29, 0.717) is 21.7 Å². The number of benzene rings is 1. The lowest BCUT2D eigenvalue weighted by Crippen LogP contribution is -2.04. The molecule has 2 aromatic heterocycles. The molecule has 0 saturated carbocycles. The van der Waals surface area contributed by atoms with Crippen LogP contribution in [-0.2, 0) is 0 Å². The molecule has 3 nitrogen and oxygen atoms in total. The third-order valence-corrected chi connectivity index (χ3v) is 3.06. The summed E-state index contributed by atoms with van der Waals surface area (Å²) in [6.07, 6.45) is 1.57. The molecule has 0 aliphatic carbocycles. The van der Waals surface area contributed by atoms with Gasteiger partial charge in [0.15, 0.2) is 5.43 Å². The van der Waals surface area contributed by atoms with Gasteiger partial charge in [-0.05, 0) is 30.3 Å². The molecule has 0 unspecified atom stereocenters. The zero-order chi connectivity index (χ0) is 13.4. The number of hydrogen-bond acceptors (Lipinski definition) is 2. The fraction of sp³-hybridized carbons (Fsp3) is 0. The third kappa shape index (κ3) is 2.11. The Morgan fingerprint density at radius 2 is 2.05 bits per heavy atom. The summed E-state index contributed by atoms with van der Waals surface area (Å²) in [5, 5.41) is 0.868.